The van der Waals surface area contributed by atoms with Crippen molar-refractivity contribution in [3.05, 3.63) is 126 Å². The van der Waals surface area contributed by atoms with Crippen LogP contribution in [0.4, 0.5) is 20.2 Å². The van der Waals surface area contributed by atoms with Gasteiger partial charge in [0.15, 0.2) is 4.80 Å². The van der Waals surface area contributed by atoms with Gasteiger partial charge < -0.3 is 14.5 Å². The lowest BCUT2D eigenvalue weighted by atomic mass is 9.83. The van der Waals surface area contributed by atoms with Gasteiger partial charge in [-0.1, -0.05) is 47.7 Å². The monoisotopic (exact) mass is 612 g/mol. The van der Waals surface area contributed by atoms with Crippen molar-refractivity contribution in [3.8, 4) is 5.75 Å². The Labute approximate surface area is 259 Å². The molecule has 1 atom stereocenters. The molecule has 2 heterocycles. The zero-order valence-corrected chi connectivity index (χ0v) is 25.9. The van der Waals surface area contributed by atoms with Crippen LogP contribution in [0.3, 0.4) is 0 Å². The van der Waals surface area contributed by atoms with Gasteiger partial charge in [0.25, 0.3) is 5.56 Å². The van der Waals surface area contributed by atoms with Crippen LogP contribution in [0.1, 0.15) is 42.0 Å². The Balaban J connectivity index is 1.49. The number of ether oxygens (including phenoxy) is 1. The molecule has 1 aliphatic carbocycles. The fourth-order valence-electron chi connectivity index (χ4n) is 5.78. The van der Waals surface area contributed by atoms with Gasteiger partial charge in [-0.05, 0) is 95.6 Å². The number of thiazole rings is 1. The standard InChI is InChI=1S/C35H34F2N4O2S/c1-39(2)26-14-8-22(9-15-26)20-25-6-5-7-29-31(25)38-35-41(32(29)24-12-16-27(17-13-24)40(3)4)33(42)30(44-35)21-23-10-18-28(19-11-23)43-34(36)37/h8-21,32,34H,5-7H2,1-4H3/b25-20+,30-21+. The highest BCUT2D eigenvalue weighted by Crippen LogP contribution is 2.41. The lowest BCUT2D eigenvalue weighted by molar-refractivity contribution is -0.0498. The minimum atomic E-state index is -2.89. The van der Waals surface area contributed by atoms with Crippen LogP contribution in [0.15, 0.2) is 99.4 Å². The number of aromatic nitrogens is 1. The summed E-state index contributed by atoms with van der Waals surface area (Å²) in [6.07, 6.45) is 6.74. The maximum Gasteiger partial charge on any atom is 0.387 e. The summed E-state index contributed by atoms with van der Waals surface area (Å²) in [7, 11) is 8.07. The average molecular weight is 613 g/mol. The van der Waals surface area contributed by atoms with Crippen molar-refractivity contribution in [1.82, 2.24) is 4.57 Å². The van der Waals surface area contributed by atoms with Crippen LogP contribution in [0.25, 0.3) is 12.2 Å². The molecule has 0 saturated carbocycles. The van der Waals surface area contributed by atoms with Crippen molar-refractivity contribution in [1.29, 1.82) is 0 Å². The molecule has 0 N–H and O–H groups in total. The fourth-order valence-corrected chi connectivity index (χ4v) is 6.78. The lowest BCUT2D eigenvalue weighted by Gasteiger charge is -2.31. The van der Waals surface area contributed by atoms with Gasteiger partial charge in [-0.15, -0.1) is 0 Å². The van der Waals surface area contributed by atoms with Crippen molar-refractivity contribution in [3.63, 3.8) is 0 Å². The molecule has 3 aromatic carbocycles. The highest BCUT2D eigenvalue weighted by Gasteiger charge is 2.32. The van der Waals surface area contributed by atoms with Gasteiger partial charge in [-0.2, -0.15) is 8.78 Å². The van der Waals surface area contributed by atoms with Gasteiger partial charge in [-0.3, -0.25) is 9.36 Å². The first-order valence-electron chi connectivity index (χ1n) is 14.5. The van der Waals surface area contributed by atoms with Crippen molar-refractivity contribution >= 4 is 34.9 Å². The third-order valence-electron chi connectivity index (χ3n) is 8.01. The number of anilines is 2. The number of hydrogen-bond donors (Lipinski definition) is 0. The molecule has 0 fully saturated rings. The van der Waals surface area contributed by atoms with E-state index in [4.69, 9.17) is 4.99 Å². The van der Waals surface area contributed by atoms with Crippen LogP contribution < -0.4 is 29.4 Å². The zero-order chi connectivity index (χ0) is 31.0. The first-order chi connectivity index (χ1) is 21.2. The van der Waals surface area contributed by atoms with Crippen molar-refractivity contribution in [2.24, 2.45) is 4.99 Å². The Morgan fingerprint density at radius 3 is 2.07 bits per heavy atom. The maximum atomic E-state index is 14.0. The fraction of sp³-hybridized carbons (Fsp3) is 0.257. The Morgan fingerprint density at radius 1 is 0.864 bits per heavy atom. The number of halogens is 2. The largest absolute Gasteiger partial charge is 0.435 e. The summed E-state index contributed by atoms with van der Waals surface area (Å²) in [6, 6.07) is 22.9. The summed E-state index contributed by atoms with van der Waals surface area (Å²) in [5.41, 5.74) is 8.26. The zero-order valence-electron chi connectivity index (χ0n) is 25.1. The summed E-state index contributed by atoms with van der Waals surface area (Å²) in [4.78, 5) is 24.0. The van der Waals surface area contributed by atoms with E-state index in [2.05, 4.69) is 69.1 Å². The van der Waals surface area contributed by atoms with Crippen molar-refractivity contribution in [2.75, 3.05) is 38.0 Å². The summed E-state index contributed by atoms with van der Waals surface area (Å²) >= 11 is 1.35. The van der Waals surface area contributed by atoms with Crippen LogP contribution in [-0.4, -0.2) is 39.4 Å². The Hall–Kier alpha value is -4.50. The Bertz CT molecular complexity index is 1900. The summed E-state index contributed by atoms with van der Waals surface area (Å²) in [6.45, 7) is -2.89. The smallest absolute Gasteiger partial charge is 0.387 e. The molecule has 0 radical (unpaired) electrons. The maximum absolute atomic E-state index is 14.0. The molecular formula is C35H34F2N4O2S. The second kappa shape index (κ2) is 12.2. The third kappa shape index (κ3) is 5.97. The highest BCUT2D eigenvalue weighted by molar-refractivity contribution is 7.07. The van der Waals surface area contributed by atoms with Gasteiger partial charge in [0.05, 0.1) is 16.3 Å². The topological polar surface area (TPSA) is 50.1 Å². The number of alkyl halides is 2. The summed E-state index contributed by atoms with van der Waals surface area (Å²) in [5.74, 6) is 0.0723. The third-order valence-corrected chi connectivity index (χ3v) is 8.99. The van der Waals surface area contributed by atoms with E-state index in [1.807, 2.05) is 32.8 Å². The van der Waals surface area contributed by atoms with Gasteiger partial charge in [0.1, 0.15) is 5.75 Å². The molecule has 44 heavy (non-hydrogen) atoms. The minimum absolute atomic E-state index is 0.0723. The lowest BCUT2D eigenvalue weighted by Crippen LogP contribution is -2.39. The van der Waals surface area contributed by atoms with Crippen LogP contribution in [-0.2, 0) is 0 Å². The van der Waals surface area contributed by atoms with E-state index in [-0.39, 0.29) is 17.4 Å². The van der Waals surface area contributed by atoms with E-state index in [9.17, 15) is 13.6 Å². The molecular weight excluding hydrogens is 578 g/mol. The predicted octanol–water partition coefficient (Wildman–Crippen LogP) is 6.22. The number of allylic oxidation sites excluding steroid dienone is 2. The van der Waals surface area contributed by atoms with E-state index in [1.165, 1.54) is 29.0 Å². The Morgan fingerprint density at radius 2 is 1.45 bits per heavy atom. The SMILES string of the molecule is CN(C)c1ccc(/C=C2\CCCC3=C2N=c2s/c(=C/c4ccc(OC(F)F)cc4)c(=O)n2C3c2ccc(N(C)C)cc2)cc1. The predicted molar refractivity (Wildman–Crippen MR) is 175 cm³/mol. The van der Waals surface area contributed by atoms with Crippen LogP contribution >= 0.6 is 11.3 Å². The molecule has 9 heteroatoms. The van der Waals surface area contributed by atoms with Crippen molar-refractivity contribution in [2.45, 2.75) is 31.9 Å². The minimum Gasteiger partial charge on any atom is -0.435 e. The van der Waals surface area contributed by atoms with Gasteiger partial charge >= 0.3 is 6.61 Å². The van der Waals surface area contributed by atoms with Crippen LogP contribution in [0.5, 0.6) is 5.75 Å². The number of hydrogen-bond acceptors (Lipinski definition) is 6. The molecule has 1 unspecified atom stereocenters. The summed E-state index contributed by atoms with van der Waals surface area (Å²) in [5, 5.41) is 0. The first-order valence-corrected chi connectivity index (χ1v) is 15.3. The molecule has 226 valence electrons. The van der Waals surface area contributed by atoms with E-state index in [0.717, 1.165) is 53.0 Å². The van der Waals surface area contributed by atoms with Crippen molar-refractivity contribution < 1.29 is 13.5 Å². The van der Waals surface area contributed by atoms with Gasteiger partial charge in [0, 0.05) is 39.6 Å². The van der Waals surface area contributed by atoms with E-state index >= 15 is 0 Å². The van der Waals surface area contributed by atoms with E-state index in [0.29, 0.717) is 14.9 Å². The first kappa shape index (κ1) is 29.6. The summed E-state index contributed by atoms with van der Waals surface area (Å²) < 4.78 is 32.1. The average Bonchev–Trinajstić information content (AvgIpc) is 3.31. The molecule has 0 bridgehead atoms. The molecule has 1 aliphatic heterocycles. The quantitative estimate of drug-likeness (QED) is 0.249. The molecule has 4 aromatic rings. The number of fused-ring (bicyclic) bond motifs is 1. The second-order valence-corrected chi connectivity index (χ2v) is 12.4. The van der Waals surface area contributed by atoms with Crippen LogP contribution in [0.2, 0.25) is 0 Å². The molecule has 6 nitrogen and oxygen atoms in total. The second-order valence-electron chi connectivity index (χ2n) is 11.4. The number of rotatable bonds is 7. The van der Waals surface area contributed by atoms with E-state index in [1.54, 1.807) is 18.2 Å². The van der Waals surface area contributed by atoms with E-state index < -0.39 is 6.61 Å². The van der Waals surface area contributed by atoms with Crippen LogP contribution in [0, 0.1) is 0 Å². The normalized spacial score (nSPS) is 17.4. The van der Waals surface area contributed by atoms with Gasteiger partial charge in [0.2, 0.25) is 0 Å². The van der Waals surface area contributed by atoms with Gasteiger partial charge in [-0.25, -0.2) is 4.99 Å². The highest BCUT2D eigenvalue weighted by atomic mass is 32.1. The molecule has 6 rings (SSSR count). The molecule has 0 spiro atoms. The molecule has 1 aromatic heterocycles. The molecule has 0 saturated heterocycles. The number of nitrogens with zero attached hydrogens (tertiary/aromatic N) is 4. The molecule has 2 aliphatic rings. The molecule has 0 amide bonds. The Kier molecular flexibility index (Phi) is 8.23. The number of benzene rings is 3.